The Kier molecular flexibility index (Phi) is 15.4. The maximum atomic E-state index is 6.45. The summed E-state index contributed by atoms with van der Waals surface area (Å²) >= 11 is 0. The zero-order chi connectivity index (χ0) is 31.6. The molecule has 242 valence electrons. The molecule has 2 heteroatoms. The van der Waals surface area contributed by atoms with Gasteiger partial charge in [0, 0.05) is 11.1 Å². The molecule has 2 unspecified atom stereocenters. The molecule has 2 N–H and O–H groups in total. The first kappa shape index (κ1) is 38.4. The smallest absolute Gasteiger partial charge is 0.0304 e. The Balaban J connectivity index is 2.46. The lowest BCUT2D eigenvalue weighted by atomic mass is 9.69. The molecule has 0 aromatic carbocycles. The van der Waals surface area contributed by atoms with Gasteiger partial charge in [-0.1, -0.05) is 112 Å². The number of hydrogen-bond donors (Lipinski definition) is 1. The van der Waals surface area contributed by atoms with Gasteiger partial charge in [-0.25, -0.2) is 5.01 Å². The van der Waals surface area contributed by atoms with Crippen molar-refractivity contribution in [3.63, 3.8) is 0 Å². The predicted octanol–water partition coefficient (Wildman–Crippen LogP) is 12.3. The largest absolute Gasteiger partial charge is 0.268 e. The third-order valence-electron chi connectivity index (χ3n) is 10.5. The van der Waals surface area contributed by atoms with Gasteiger partial charge in [-0.3, -0.25) is 5.84 Å². The minimum atomic E-state index is 0.0637. The van der Waals surface area contributed by atoms with E-state index >= 15 is 0 Å². The highest BCUT2D eigenvalue weighted by Gasteiger charge is 2.43. The van der Waals surface area contributed by atoms with Crippen LogP contribution in [0.2, 0.25) is 0 Å². The first-order chi connectivity index (χ1) is 18.7. The maximum Gasteiger partial charge on any atom is 0.0304 e. The second-order valence-corrected chi connectivity index (χ2v) is 17.8. The lowest BCUT2D eigenvalue weighted by Gasteiger charge is -2.53. The van der Waals surface area contributed by atoms with Crippen molar-refractivity contribution >= 4 is 0 Å². The molecule has 1 aliphatic rings. The van der Waals surface area contributed by atoms with Crippen LogP contribution in [0.1, 0.15) is 180 Å². The van der Waals surface area contributed by atoms with Crippen LogP contribution in [0.25, 0.3) is 0 Å². The Morgan fingerprint density at radius 2 is 1.44 bits per heavy atom. The summed E-state index contributed by atoms with van der Waals surface area (Å²) in [6, 6.07) is 0. The summed E-state index contributed by atoms with van der Waals surface area (Å²) in [7, 11) is 0. The maximum absolute atomic E-state index is 6.45. The Hall–Kier alpha value is -0.600. The topological polar surface area (TPSA) is 29.3 Å². The highest BCUT2D eigenvalue weighted by atomic mass is 15.5. The number of nitrogens with zero attached hydrogens (tertiary/aromatic N) is 1. The van der Waals surface area contributed by atoms with E-state index in [0.717, 1.165) is 11.8 Å². The third kappa shape index (κ3) is 14.2. The molecule has 0 aliphatic carbocycles. The molecule has 0 bridgehead atoms. The van der Waals surface area contributed by atoms with E-state index in [1.807, 2.05) is 0 Å². The van der Waals surface area contributed by atoms with E-state index < -0.39 is 0 Å². The van der Waals surface area contributed by atoms with Gasteiger partial charge in [0.05, 0.1) is 0 Å². The summed E-state index contributed by atoms with van der Waals surface area (Å²) in [5.41, 5.74) is 4.11. The average Bonchev–Trinajstić information content (AvgIpc) is 2.79. The molecule has 2 atom stereocenters. The highest BCUT2D eigenvalue weighted by molar-refractivity contribution is 5.08. The van der Waals surface area contributed by atoms with Crippen molar-refractivity contribution in [1.29, 1.82) is 0 Å². The summed E-state index contributed by atoms with van der Waals surface area (Å²) in [4.78, 5) is 0. The molecule has 1 rings (SSSR count). The van der Waals surface area contributed by atoms with Crippen molar-refractivity contribution in [2.24, 2.45) is 40.3 Å². The molecule has 41 heavy (non-hydrogen) atoms. The molecule has 0 spiro atoms. The molecule has 2 nitrogen and oxygen atoms in total. The summed E-state index contributed by atoms with van der Waals surface area (Å²) < 4.78 is 0. The molecule has 1 heterocycles. The fourth-order valence-corrected chi connectivity index (χ4v) is 7.84. The average molecular weight is 573 g/mol. The van der Waals surface area contributed by atoms with E-state index in [1.165, 1.54) is 95.5 Å². The van der Waals surface area contributed by atoms with Gasteiger partial charge >= 0.3 is 0 Å². The monoisotopic (exact) mass is 573 g/mol. The second kappa shape index (κ2) is 16.5. The summed E-state index contributed by atoms with van der Waals surface area (Å²) in [6.07, 6.45) is 20.5. The number of rotatable bonds is 18. The van der Waals surface area contributed by atoms with Crippen molar-refractivity contribution in [3.8, 4) is 0 Å². The van der Waals surface area contributed by atoms with Crippen molar-refractivity contribution in [3.05, 3.63) is 23.8 Å². The minimum Gasteiger partial charge on any atom is -0.268 e. The number of hydrazine groups is 1. The fourth-order valence-electron chi connectivity index (χ4n) is 7.84. The lowest BCUT2D eigenvalue weighted by Crippen LogP contribution is -2.63. The van der Waals surface area contributed by atoms with E-state index in [0.29, 0.717) is 22.7 Å². The van der Waals surface area contributed by atoms with Gasteiger partial charge in [-0.15, -0.1) is 0 Å². The van der Waals surface area contributed by atoms with Crippen LogP contribution in [0.15, 0.2) is 23.8 Å². The number of nitrogens with two attached hydrogens (primary N) is 1. The minimum absolute atomic E-state index is 0.0637. The van der Waals surface area contributed by atoms with Crippen LogP contribution < -0.4 is 5.84 Å². The Morgan fingerprint density at radius 3 is 1.95 bits per heavy atom. The van der Waals surface area contributed by atoms with Crippen molar-refractivity contribution in [2.75, 3.05) is 0 Å². The zero-order valence-electron chi connectivity index (χ0n) is 30.5. The number of allylic oxidation sites excluding steroid dienone is 3. The predicted molar refractivity (Wildman–Crippen MR) is 186 cm³/mol. The second-order valence-electron chi connectivity index (χ2n) is 17.8. The molecule has 1 saturated heterocycles. The lowest BCUT2D eigenvalue weighted by molar-refractivity contribution is -0.0526. The van der Waals surface area contributed by atoms with Crippen LogP contribution in [-0.2, 0) is 0 Å². The van der Waals surface area contributed by atoms with Crippen molar-refractivity contribution < 1.29 is 0 Å². The van der Waals surface area contributed by atoms with Crippen molar-refractivity contribution in [2.45, 2.75) is 191 Å². The molecule has 0 aromatic rings. The molecule has 0 aromatic heterocycles. The van der Waals surface area contributed by atoms with Crippen LogP contribution in [0.5, 0.6) is 0 Å². The van der Waals surface area contributed by atoms with Crippen LogP contribution >= 0.6 is 0 Å². The number of piperidine rings is 1. The fraction of sp³-hybridized carbons (Fsp3) is 0.897. The number of unbranched alkanes of at least 4 members (excludes halogenated alkanes) is 4. The molecule has 1 aliphatic heterocycles. The van der Waals surface area contributed by atoms with Gasteiger partial charge in [0.25, 0.3) is 0 Å². The number of hydrogen-bond acceptors (Lipinski definition) is 2. The van der Waals surface area contributed by atoms with Gasteiger partial charge in [-0.05, 0) is 126 Å². The zero-order valence-corrected chi connectivity index (χ0v) is 30.5. The van der Waals surface area contributed by atoms with Gasteiger partial charge < -0.3 is 0 Å². The van der Waals surface area contributed by atoms with E-state index in [9.17, 15) is 0 Å². The van der Waals surface area contributed by atoms with E-state index in [1.54, 1.807) is 5.57 Å². The first-order valence-electron chi connectivity index (χ1n) is 17.6. The van der Waals surface area contributed by atoms with Gasteiger partial charge in [0.2, 0.25) is 0 Å². The third-order valence-corrected chi connectivity index (χ3v) is 10.5. The van der Waals surface area contributed by atoms with E-state index in [4.69, 9.17) is 5.84 Å². The van der Waals surface area contributed by atoms with E-state index in [-0.39, 0.29) is 11.1 Å². The SMILES string of the molecule is C=C(CCCCCCCC(C)/C(=C\CC)CC(CC(C)(C)C)CC(C)(C)C(C)C)CC1CC(C)(C)N(N)C(C)(C)C1. The molecule has 1 fully saturated rings. The van der Waals surface area contributed by atoms with Gasteiger partial charge in [0.15, 0.2) is 0 Å². The van der Waals surface area contributed by atoms with E-state index in [2.05, 4.69) is 108 Å². The first-order valence-corrected chi connectivity index (χ1v) is 17.6. The molecule has 0 amide bonds. The Labute approximate surface area is 259 Å². The summed E-state index contributed by atoms with van der Waals surface area (Å²) in [6.45, 7) is 35.6. The Bertz CT molecular complexity index is 773. The van der Waals surface area contributed by atoms with Gasteiger partial charge in [-0.2, -0.15) is 0 Å². The Morgan fingerprint density at radius 1 is 0.902 bits per heavy atom. The highest BCUT2D eigenvalue weighted by Crippen LogP contribution is 2.43. The van der Waals surface area contributed by atoms with Crippen LogP contribution in [0, 0.1) is 34.5 Å². The molecule has 0 saturated carbocycles. The molecular weight excluding hydrogens is 496 g/mol. The van der Waals surface area contributed by atoms with Crippen LogP contribution in [-0.4, -0.2) is 16.1 Å². The molecular formula is C39H76N2. The van der Waals surface area contributed by atoms with Crippen LogP contribution in [0.3, 0.4) is 0 Å². The van der Waals surface area contributed by atoms with Crippen LogP contribution in [0.4, 0.5) is 0 Å². The van der Waals surface area contributed by atoms with Crippen molar-refractivity contribution in [1.82, 2.24) is 5.01 Å². The summed E-state index contributed by atoms with van der Waals surface area (Å²) in [5.74, 6) is 9.38. The standard InChI is InChI=1S/C39H76N2/c1-15-21-35(25-34(26-36(6,7)8)27-37(9,10)30(2)3)32(5)23-20-18-16-17-19-22-31(4)24-33-28-38(11,12)41(40)39(13,14)29-33/h21,30,32-34H,4,15-20,22-29,40H2,1-3,5-14H3/b35-21-. The van der Waals surface area contributed by atoms with Gasteiger partial charge in [0.1, 0.15) is 0 Å². The molecule has 0 radical (unpaired) electrons. The normalized spacial score (nSPS) is 20.4. The quantitative estimate of drug-likeness (QED) is 0.100. The summed E-state index contributed by atoms with van der Waals surface area (Å²) in [5, 5.41) is 2.10.